The molecule has 0 aliphatic carbocycles. The fourth-order valence-electron chi connectivity index (χ4n) is 2.43. The molecule has 23 heavy (non-hydrogen) atoms. The molecule has 7 nitrogen and oxygen atoms in total. The lowest BCUT2D eigenvalue weighted by Gasteiger charge is -2.04. The van der Waals surface area contributed by atoms with Gasteiger partial charge in [0, 0.05) is 5.69 Å². The Morgan fingerprint density at radius 3 is 2.61 bits per heavy atom. The number of amides is 1. The van der Waals surface area contributed by atoms with Gasteiger partial charge < -0.3 is 5.32 Å². The fraction of sp³-hybridized carbons (Fsp3) is 0. The van der Waals surface area contributed by atoms with Crippen molar-refractivity contribution in [2.75, 3.05) is 5.32 Å². The van der Waals surface area contributed by atoms with E-state index in [1.165, 1.54) is 4.40 Å². The van der Waals surface area contributed by atoms with Crippen LogP contribution in [0.3, 0.4) is 0 Å². The summed E-state index contributed by atoms with van der Waals surface area (Å²) < 4.78 is 1.35. The zero-order chi connectivity index (χ0) is 15.8. The van der Waals surface area contributed by atoms with E-state index in [2.05, 4.69) is 20.5 Å². The van der Waals surface area contributed by atoms with Crippen molar-refractivity contribution < 1.29 is 4.79 Å². The molecule has 1 amide bonds. The molecular formula is C16H11N5O2. The minimum absolute atomic E-state index is 0.218. The van der Waals surface area contributed by atoms with Crippen LogP contribution in [0.4, 0.5) is 5.69 Å². The molecule has 112 valence electrons. The highest BCUT2D eigenvalue weighted by atomic mass is 16.2. The first-order chi connectivity index (χ1) is 11.2. The number of carbonyl (C=O) groups is 1. The normalized spacial score (nSPS) is 11.0. The van der Waals surface area contributed by atoms with Crippen LogP contribution >= 0.6 is 0 Å². The average Bonchev–Trinajstić information content (AvgIpc) is 2.95. The van der Waals surface area contributed by atoms with E-state index in [0.717, 1.165) is 0 Å². The SMILES string of the molecule is O=C(Nc1ccccc1)c1n[nH]c2nc3ccccc3n2c1=O. The standard InChI is InChI=1S/C16H11N5O2/c22-14(17-10-6-2-1-3-7-10)13-15(23)21-12-9-5-4-8-11(12)18-16(21)20-19-13/h1-9H,(H,17,22)(H,18,20). The topological polar surface area (TPSA) is 92.2 Å². The van der Waals surface area contributed by atoms with Gasteiger partial charge in [0.05, 0.1) is 11.0 Å². The number of H-pyrrole nitrogens is 1. The number of fused-ring (bicyclic) bond motifs is 3. The number of nitrogens with zero attached hydrogens (tertiary/aromatic N) is 3. The van der Waals surface area contributed by atoms with Gasteiger partial charge in [-0.05, 0) is 24.3 Å². The maximum atomic E-state index is 12.6. The Kier molecular flexibility index (Phi) is 2.90. The van der Waals surface area contributed by atoms with Gasteiger partial charge in [0.2, 0.25) is 11.5 Å². The largest absolute Gasteiger partial charge is 0.320 e. The van der Waals surface area contributed by atoms with Gasteiger partial charge in [0.15, 0.2) is 0 Å². The molecule has 4 aromatic rings. The molecule has 2 N–H and O–H groups in total. The van der Waals surface area contributed by atoms with E-state index in [0.29, 0.717) is 22.5 Å². The Bertz CT molecular complexity index is 1080. The van der Waals surface area contributed by atoms with Crippen molar-refractivity contribution in [3.05, 3.63) is 70.6 Å². The Morgan fingerprint density at radius 2 is 1.78 bits per heavy atom. The van der Waals surface area contributed by atoms with Crippen LogP contribution in [0.15, 0.2) is 59.4 Å². The molecule has 0 unspecified atom stereocenters. The lowest BCUT2D eigenvalue weighted by molar-refractivity contribution is 0.101. The van der Waals surface area contributed by atoms with Gasteiger partial charge in [-0.15, -0.1) is 0 Å². The van der Waals surface area contributed by atoms with Crippen molar-refractivity contribution in [1.82, 2.24) is 19.6 Å². The summed E-state index contributed by atoms with van der Waals surface area (Å²) in [5.74, 6) is -0.274. The molecule has 0 bridgehead atoms. The van der Waals surface area contributed by atoms with Crippen LogP contribution in [0.2, 0.25) is 0 Å². The highest BCUT2D eigenvalue weighted by Crippen LogP contribution is 2.12. The van der Waals surface area contributed by atoms with Crippen LogP contribution < -0.4 is 10.9 Å². The highest BCUT2D eigenvalue weighted by molar-refractivity contribution is 6.02. The molecule has 0 aliphatic rings. The number of benzene rings is 2. The summed E-state index contributed by atoms with van der Waals surface area (Å²) in [6.07, 6.45) is 0. The first-order valence-corrected chi connectivity index (χ1v) is 6.96. The number of nitrogens with one attached hydrogen (secondary N) is 2. The quantitative estimate of drug-likeness (QED) is 0.591. The molecule has 0 radical (unpaired) electrons. The minimum atomic E-state index is -0.572. The number of imidazole rings is 1. The van der Waals surface area contributed by atoms with Crippen LogP contribution in [0.1, 0.15) is 10.5 Å². The summed E-state index contributed by atoms with van der Waals surface area (Å²) in [7, 11) is 0. The predicted molar refractivity (Wildman–Crippen MR) is 85.5 cm³/mol. The monoisotopic (exact) mass is 305 g/mol. The van der Waals surface area contributed by atoms with E-state index < -0.39 is 11.5 Å². The van der Waals surface area contributed by atoms with Crippen molar-refractivity contribution in [2.24, 2.45) is 0 Å². The Hall–Kier alpha value is -3.48. The predicted octanol–water partition coefficient (Wildman–Crippen LogP) is 1.82. The van der Waals surface area contributed by atoms with Gasteiger partial charge in [-0.3, -0.25) is 9.59 Å². The molecule has 0 spiro atoms. The molecular weight excluding hydrogens is 294 g/mol. The second-order valence-corrected chi connectivity index (χ2v) is 4.96. The van der Waals surface area contributed by atoms with Crippen LogP contribution in [-0.2, 0) is 0 Å². The van der Waals surface area contributed by atoms with Crippen molar-refractivity contribution in [1.29, 1.82) is 0 Å². The van der Waals surface area contributed by atoms with Gasteiger partial charge in [-0.1, -0.05) is 30.3 Å². The number of aromatic amines is 1. The summed E-state index contributed by atoms with van der Waals surface area (Å²) in [5, 5.41) is 9.17. The van der Waals surface area contributed by atoms with E-state index in [1.54, 1.807) is 42.5 Å². The number of carbonyl (C=O) groups excluding carboxylic acids is 1. The van der Waals surface area contributed by atoms with E-state index in [9.17, 15) is 9.59 Å². The number of para-hydroxylation sites is 3. The average molecular weight is 305 g/mol. The number of aromatic nitrogens is 4. The zero-order valence-electron chi connectivity index (χ0n) is 11.9. The van der Waals surface area contributed by atoms with Gasteiger partial charge in [0.1, 0.15) is 0 Å². The van der Waals surface area contributed by atoms with Gasteiger partial charge in [-0.2, -0.15) is 5.10 Å². The van der Waals surface area contributed by atoms with Gasteiger partial charge in [0.25, 0.3) is 11.5 Å². The molecule has 4 rings (SSSR count). The summed E-state index contributed by atoms with van der Waals surface area (Å²) in [6.45, 7) is 0. The van der Waals surface area contributed by atoms with Gasteiger partial charge >= 0.3 is 0 Å². The lowest BCUT2D eigenvalue weighted by atomic mass is 10.3. The fourth-order valence-corrected chi connectivity index (χ4v) is 2.43. The third kappa shape index (κ3) is 2.15. The smallest absolute Gasteiger partial charge is 0.291 e. The summed E-state index contributed by atoms with van der Waals surface area (Å²) in [6, 6.07) is 16.1. The first-order valence-electron chi connectivity index (χ1n) is 6.96. The second kappa shape index (κ2) is 5.06. The molecule has 2 heterocycles. The third-order valence-electron chi connectivity index (χ3n) is 3.48. The second-order valence-electron chi connectivity index (χ2n) is 4.96. The van der Waals surface area contributed by atoms with Crippen LogP contribution in [0.5, 0.6) is 0 Å². The Balaban J connectivity index is 1.84. The van der Waals surface area contributed by atoms with Gasteiger partial charge in [-0.25, -0.2) is 14.5 Å². The molecule has 0 atom stereocenters. The molecule has 7 heteroatoms. The van der Waals surface area contributed by atoms with E-state index in [4.69, 9.17) is 0 Å². The van der Waals surface area contributed by atoms with Crippen LogP contribution in [0.25, 0.3) is 16.8 Å². The Morgan fingerprint density at radius 1 is 1.04 bits per heavy atom. The molecule has 0 saturated heterocycles. The zero-order valence-corrected chi connectivity index (χ0v) is 11.9. The lowest BCUT2D eigenvalue weighted by Crippen LogP contribution is -2.28. The van der Waals surface area contributed by atoms with Crippen LogP contribution in [0, 0.1) is 0 Å². The molecule has 2 aromatic carbocycles. The molecule has 0 aliphatic heterocycles. The maximum Gasteiger partial charge on any atom is 0.291 e. The minimum Gasteiger partial charge on any atom is -0.320 e. The maximum absolute atomic E-state index is 12.6. The van der Waals surface area contributed by atoms with E-state index >= 15 is 0 Å². The number of hydrogen-bond acceptors (Lipinski definition) is 4. The summed E-state index contributed by atoms with van der Waals surface area (Å²) >= 11 is 0. The molecule has 0 saturated carbocycles. The Labute approximate surface area is 129 Å². The van der Waals surface area contributed by atoms with Crippen LogP contribution in [-0.4, -0.2) is 25.5 Å². The van der Waals surface area contributed by atoms with E-state index in [1.807, 2.05) is 12.1 Å². The third-order valence-corrected chi connectivity index (χ3v) is 3.48. The highest BCUT2D eigenvalue weighted by Gasteiger charge is 2.17. The van der Waals surface area contributed by atoms with E-state index in [-0.39, 0.29) is 5.69 Å². The summed E-state index contributed by atoms with van der Waals surface area (Å²) in [5.41, 5.74) is 1.14. The number of rotatable bonds is 2. The van der Waals surface area contributed by atoms with Crippen molar-refractivity contribution >= 4 is 28.4 Å². The first kappa shape index (κ1) is 13.2. The molecule has 2 aromatic heterocycles. The van der Waals surface area contributed by atoms with Crippen molar-refractivity contribution in [3.63, 3.8) is 0 Å². The molecule has 0 fully saturated rings. The number of anilines is 1. The summed E-state index contributed by atoms with van der Waals surface area (Å²) in [4.78, 5) is 29.2. The van der Waals surface area contributed by atoms with Crippen molar-refractivity contribution in [2.45, 2.75) is 0 Å². The van der Waals surface area contributed by atoms with Crippen molar-refractivity contribution in [3.8, 4) is 0 Å². The number of hydrogen-bond donors (Lipinski definition) is 2.